The summed E-state index contributed by atoms with van der Waals surface area (Å²) in [5.41, 5.74) is 4.94. The lowest BCUT2D eigenvalue weighted by atomic mass is 10.1. The lowest BCUT2D eigenvalue weighted by Gasteiger charge is -2.23. The number of aromatic amines is 1. The van der Waals surface area contributed by atoms with Gasteiger partial charge in [-0.3, -0.25) is 9.89 Å². The summed E-state index contributed by atoms with van der Waals surface area (Å²) in [7, 11) is 0. The third-order valence-electron chi connectivity index (χ3n) is 5.98. The van der Waals surface area contributed by atoms with Gasteiger partial charge in [-0.2, -0.15) is 4.98 Å². The molecule has 0 unspecified atom stereocenters. The van der Waals surface area contributed by atoms with Crippen LogP contribution in [0.15, 0.2) is 47.3 Å². The number of aromatic nitrogens is 6. The maximum atomic E-state index is 12.6. The number of nitrogens with zero attached hydrogens (tertiary/aromatic N) is 6. The Bertz CT molecular complexity index is 1270. The summed E-state index contributed by atoms with van der Waals surface area (Å²) in [6, 6.07) is 9.09. The zero-order valence-corrected chi connectivity index (χ0v) is 17.7. The first kappa shape index (κ1) is 19.4. The molecule has 6 rings (SSSR count). The predicted molar refractivity (Wildman–Crippen MR) is 119 cm³/mol. The fourth-order valence-electron chi connectivity index (χ4n) is 4.29. The molecule has 3 aromatic heterocycles. The Morgan fingerprint density at radius 1 is 1.15 bits per heavy atom. The highest BCUT2D eigenvalue weighted by atomic mass is 16.4. The third-order valence-corrected chi connectivity index (χ3v) is 5.98. The normalized spacial score (nSPS) is 15.2. The molecule has 1 aliphatic heterocycles. The van der Waals surface area contributed by atoms with Crippen LogP contribution >= 0.6 is 0 Å². The number of hydrogen-bond acceptors (Lipinski definition) is 9. The second-order valence-electron chi connectivity index (χ2n) is 8.19. The molecule has 4 aromatic rings. The second kappa shape index (κ2) is 8.01. The van der Waals surface area contributed by atoms with Gasteiger partial charge in [0.15, 0.2) is 5.82 Å². The number of fused-ring (bicyclic) bond motifs is 2. The minimum absolute atomic E-state index is 0.249. The number of carbonyl (C=O) groups excluding carboxylic acids is 1. The zero-order chi connectivity index (χ0) is 22.2. The number of benzene rings is 1. The van der Waals surface area contributed by atoms with Gasteiger partial charge in [0, 0.05) is 31.4 Å². The number of nitrogens with one attached hydrogen (secondary N) is 3. The van der Waals surface area contributed by atoms with Gasteiger partial charge in [0.2, 0.25) is 5.95 Å². The summed E-state index contributed by atoms with van der Waals surface area (Å²) >= 11 is 0. The van der Waals surface area contributed by atoms with E-state index >= 15 is 0 Å². The molecule has 0 saturated carbocycles. The highest BCUT2D eigenvalue weighted by Crippen LogP contribution is 2.24. The summed E-state index contributed by atoms with van der Waals surface area (Å²) in [4.78, 5) is 27.6. The second-order valence-corrected chi connectivity index (χ2v) is 8.19. The number of rotatable bonds is 5. The van der Waals surface area contributed by atoms with E-state index < -0.39 is 0 Å². The molecule has 33 heavy (non-hydrogen) atoms. The smallest absolute Gasteiger partial charge is 0.299 e. The van der Waals surface area contributed by atoms with E-state index in [1.807, 2.05) is 4.90 Å². The van der Waals surface area contributed by atoms with Crippen molar-refractivity contribution in [3.8, 4) is 0 Å². The third kappa shape index (κ3) is 3.88. The molecule has 1 aromatic carbocycles. The molecule has 0 bridgehead atoms. The van der Waals surface area contributed by atoms with Crippen molar-refractivity contribution < 1.29 is 9.21 Å². The van der Waals surface area contributed by atoms with E-state index in [0.717, 1.165) is 37.2 Å². The SMILES string of the molecule is O=C(Nc1coc(N2CCc3[nH]nnc3C2)n1)c1cnc(NC2Cc3ccccc3C2)nc1. The molecule has 1 amide bonds. The van der Waals surface area contributed by atoms with E-state index in [1.54, 1.807) is 0 Å². The van der Waals surface area contributed by atoms with Crippen molar-refractivity contribution in [1.82, 2.24) is 30.4 Å². The molecule has 0 atom stereocenters. The minimum Gasteiger partial charge on any atom is -0.430 e. The number of H-pyrrole nitrogens is 1. The summed E-state index contributed by atoms with van der Waals surface area (Å²) in [5.74, 6) is 0.476. The first-order chi connectivity index (χ1) is 16.2. The number of oxazole rings is 1. The van der Waals surface area contributed by atoms with Gasteiger partial charge in [-0.15, -0.1) is 5.10 Å². The molecule has 0 radical (unpaired) electrons. The summed E-state index contributed by atoms with van der Waals surface area (Å²) in [5, 5.41) is 16.9. The first-order valence-corrected chi connectivity index (χ1v) is 10.8. The molecule has 1 aliphatic carbocycles. The van der Waals surface area contributed by atoms with Crippen molar-refractivity contribution in [2.45, 2.75) is 31.8 Å². The average Bonchev–Trinajstić information content (AvgIpc) is 3.58. The maximum Gasteiger partial charge on any atom is 0.299 e. The Hall–Kier alpha value is -4.28. The Kier molecular flexibility index (Phi) is 4.71. The fraction of sp³-hybridized carbons (Fsp3) is 0.273. The highest BCUT2D eigenvalue weighted by Gasteiger charge is 2.24. The topological polar surface area (TPSA) is 138 Å². The molecular formula is C22H21N9O2. The van der Waals surface area contributed by atoms with Crippen molar-refractivity contribution in [3.63, 3.8) is 0 Å². The monoisotopic (exact) mass is 443 g/mol. The van der Waals surface area contributed by atoms with E-state index in [4.69, 9.17) is 4.42 Å². The highest BCUT2D eigenvalue weighted by molar-refractivity contribution is 6.03. The van der Waals surface area contributed by atoms with Gasteiger partial charge in [0.05, 0.1) is 17.8 Å². The van der Waals surface area contributed by atoms with E-state index in [9.17, 15) is 4.79 Å². The maximum absolute atomic E-state index is 12.6. The van der Waals surface area contributed by atoms with Gasteiger partial charge in [-0.25, -0.2) is 9.97 Å². The van der Waals surface area contributed by atoms with Crippen molar-refractivity contribution in [2.24, 2.45) is 0 Å². The molecule has 11 nitrogen and oxygen atoms in total. The Morgan fingerprint density at radius 2 is 1.94 bits per heavy atom. The van der Waals surface area contributed by atoms with Crippen molar-refractivity contribution in [3.05, 3.63) is 71.0 Å². The average molecular weight is 443 g/mol. The van der Waals surface area contributed by atoms with Gasteiger partial charge >= 0.3 is 0 Å². The largest absolute Gasteiger partial charge is 0.430 e. The van der Waals surface area contributed by atoms with Crippen molar-refractivity contribution in [2.75, 3.05) is 22.1 Å². The zero-order valence-electron chi connectivity index (χ0n) is 17.7. The van der Waals surface area contributed by atoms with Crippen molar-refractivity contribution >= 4 is 23.7 Å². The molecule has 4 heterocycles. The van der Waals surface area contributed by atoms with Gasteiger partial charge in [-0.1, -0.05) is 29.5 Å². The molecule has 166 valence electrons. The van der Waals surface area contributed by atoms with Crippen LogP contribution in [0.1, 0.15) is 32.9 Å². The van der Waals surface area contributed by atoms with Gasteiger partial charge < -0.3 is 20.0 Å². The van der Waals surface area contributed by atoms with Crippen LogP contribution in [0.2, 0.25) is 0 Å². The molecule has 2 aliphatic rings. The molecule has 3 N–H and O–H groups in total. The minimum atomic E-state index is -0.355. The fourth-order valence-corrected chi connectivity index (χ4v) is 4.29. The molecule has 0 saturated heterocycles. The first-order valence-electron chi connectivity index (χ1n) is 10.8. The van der Waals surface area contributed by atoms with E-state index in [0.29, 0.717) is 29.9 Å². The molecule has 0 spiro atoms. The van der Waals surface area contributed by atoms with E-state index in [2.05, 4.69) is 65.3 Å². The summed E-state index contributed by atoms with van der Waals surface area (Å²) in [6.45, 7) is 1.27. The standard InChI is InChI=1S/C22H21N9O2/c32-20(26-19-12-33-22(27-19)31-6-5-17-18(11-31)29-30-28-17)15-9-23-21(24-10-15)25-16-7-13-3-1-2-4-14(13)8-16/h1-4,9-10,12,16H,5-8,11H2,(H,26,32)(H,23,24,25)(H,28,29,30). The number of hydrogen-bond donors (Lipinski definition) is 3. The Morgan fingerprint density at radius 3 is 2.73 bits per heavy atom. The number of amides is 1. The summed E-state index contributed by atoms with van der Waals surface area (Å²) in [6.07, 6.45) is 7.07. The van der Waals surface area contributed by atoms with Crippen LogP contribution in [-0.4, -0.2) is 48.9 Å². The molecular weight excluding hydrogens is 422 g/mol. The van der Waals surface area contributed by atoms with Crippen LogP contribution in [0.25, 0.3) is 0 Å². The van der Waals surface area contributed by atoms with Crippen LogP contribution in [0.5, 0.6) is 0 Å². The van der Waals surface area contributed by atoms with Crippen LogP contribution < -0.4 is 15.5 Å². The Balaban J connectivity index is 1.06. The van der Waals surface area contributed by atoms with Crippen LogP contribution in [-0.2, 0) is 25.8 Å². The van der Waals surface area contributed by atoms with Gasteiger partial charge in [-0.05, 0) is 24.0 Å². The van der Waals surface area contributed by atoms with E-state index in [-0.39, 0.29) is 11.9 Å². The molecule has 0 fully saturated rings. The van der Waals surface area contributed by atoms with E-state index in [1.165, 1.54) is 29.8 Å². The van der Waals surface area contributed by atoms with Crippen molar-refractivity contribution in [1.29, 1.82) is 0 Å². The lowest BCUT2D eigenvalue weighted by Crippen LogP contribution is -2.30. The van der Waals surface area contributed by atoms with Crippen LogP contribution in [0.4, 0.5) is 17.8 Å². The Labute approximate surface area is 188 Å². The lowest BCUT2D eigenvalue weighted by molar-refractivity contribution is 0.102. The van der Waals surface area contributed by atoms with Gasteiger partial charge in [0.25, 0.3) is 11.9 Å². The van der Waals surface area contributed by atoms with Gasteiger partial charge in [0.1, 0.15) is 12.0 Å². The predicted octanol–water partition coefficient (Wildman–Crippen LogP) is 1.98. The summed E-state index contributed by atoms with van der Waals surface area (Å²) < 4.78 is 5.55. The van der Waals surface area contributed by atoms with Crippen LogP contribution in [0, 0.1) is 0 Å². The molecule has 11 heteroatoms. The van der Waals surface area contributed by atoms with Crippen LogP contribution in [0.3, 0.4) is 0 Å². The number of anilines is 3. The quantitative estimate of drug-likeness (QED) is 0.423. The number of carbonyl (C=O) groups is 1.